The van der Waals surface area contributed by atoms with Crippen LogP contribution in [0.3, 0.4) is 0 Å². The molecule has 114 valence electrons. The van der Waals surface area contributed by atoms with Crippen LogP contribution < -0.4 is 14.8 Å². The number of rotatable bonds is 8. The Hall–Kier alpha value is -1.22. The molecule has 0 radical (unpaired) electrons. The second-order valence-corrected chi connectivity index (χ2v) is 6.01. The maximum atomic E-state index is 5.40. The van der Waals surface area contributed by atoms with Gasteiger partial charge < -0.3 is 14.8 Å². The third kappa shape index (κ3) is 4.41. The lowest BCUT2D eigenvalue weighted by Gasteiger charge is -2.29. The summed E-state index contributed by atoms with van der Waals surface area (Å²) in [6, 6.07) is 6.71. The minimum Gasteiger partial charge on any atom is -0.493 e. The Morgan fingerprint density at radius 3 is 2.35 bits per heavy atom. The summed E-state index contributed by atoms with van der Waals surface area (Å²) in [5, 5.41) is 3.55. The van der Waals surface area contributed by atoms with Gasteiger partial charge in [-0.25, -0.2) is 0 Å². The van der Waals surface area contributed by atoms with Crippen LogP contribution in [0, 0.1) is 0 Å². The van der Waals surface area contributed by atoms with E-state index in [0.29, 0.717) is 6.04 Å². The van der Waals surface area contributed by atoms with E-state index >= 15 is 0 Å². The van der Waals surface area contributed by atoms with Crippen molar-refractivity contribution in [3.8, 4) is 11.5 Å². The molecule has 1 aromatic carbocycles. The van der Waals surface area contributed by atoms with Crippen molar-refractivity contribution < 1.29 is 9.47 Å². The van der Waals surface area contributed by atoms with E-state index in [9.17, 15) is 0 Å². The molecule has 0 fully saturated rings. The molecule has 3 nitrogen and oxygen atoms in total. The summed E-state index contributed by atoms with van der Waals surface area (Å²) in [5.41, 5.74) is 1.37. The molecule has 0 amide bonds. The average Bonchev–Trinajstić information content (AvgIpc) is 2.43. The van der Waals surface area contributed by atoms with Crippen LogP contribution in [0.25, 0.3) is 0 Å². The van der Waals surface area contributed by atoms with E-state index in [-0.39, 0.29) is 5.41 Å². The smallest absolute Gasteiger partial charge is 0.161 e. The van der Waals surface area contributed by atoms with Gasteiger partial charge in [0.25, 0.3) is 0 Å². The quantitative estimate of drug-likeness (QED) is 0.786. The molecule has 20 heavy (non-hydrogen) atoms. The van der Waals surface area contributed by atoms with E-state index in [1.54, 1.807) is 14.2 Å². The van der Waals surface area contributed by atoms with Crippen LogP contribution in [-0.4, -0.2) is 26.8 Å². The predicted molar refractivity (Wildman–Crippen MR) is 84.9 cm³/mol. The molecule has 0 aromatic heterocycles. The van der Waals surface area contributed by atoms with Crippen molar-refractivity contribution >= 4 is 0 Å². The largest absolute Gasteiger partial charge is 0.493 e. The zero-order valence-electron chi connectivity index (χ0n) is 13.7. The van der Waals surface area contributed by atoms with Gasteiger partial charge in [0.05, 0.1) is 14.2 Å². The van der Waals surface area contributed by atoms with Crippen molar-refractivity contribution in [2.24, 2.45) is 0 Å². The van der Waals surface area contributed by atoms with E-state index in [1.165, 1.54) is 12.0 Å². The summed E-state index contributed by atoms with van der Waals surface area (Å²) in [4.78, 5) is 0. The molecule has 0 heterocycles. The molecule has 1 rings (SSSR count). The van der Waals surface area contributed by atoms with Gasteiger partial charge in [-0.3, -0.25) is 0 Å². The van der Waals surface area contributed by atoms with Gasteiger partial charge in [0.15, 0.2) is 11.5 Å². The summed E-state index contributed by atoms with van der Waals surface area (Å²) >= 11 is 0. The number of ether oxygens (including phenoxy) is 2. The van der Waals surface area contributed by atoms with Gasteiger partial charge in [-0.1, -0.05) is 26.8 Å². The molecule has 0 spiro atoms. The second kappa shape index (κ2) is 7.53. The van der Waals surface area contributed by atoms with Gasteiger partial charge in [0.2, 0.25) is 0 Å². The third-order valence-corrected chi connectivity index (χ3v) is 3.72. The van der Waals surface area contributed by atoms with E-state index in [1.807, 2.05) is 6.07 Å². The molecule has 0 aliphatic carbocycles. The minimum atomic E-state index is 0.0969. The highest BCUT2D eigenvalue weighted by molar-refractivity contribution is 5.44. The van der Waals surface area contributed by atoms with Crippen LogP contribution in [0.2, 0.25) is 0 Å². The van der Waals surface area contributed by atoms with Crippen molar-refractivity contribution in [2.75, 3.05) is 20.8 Å². The molecule has 0 saturated heterocycles. The van der Waals surface area contributed by atoms with Crippen molar-refractivity contribution in [1.82, 2.24) is 5.32 Å². The van der Waals surface area contributed by atoms with Crippen molar-refractivity contribution in [1.29, 1.82) is 0 Å². The first-order valence-corrected chi connectivity index (χ1v) is 7.40. The Kier molecular flexibility index (Phi) is 6.34. The highest BCUT2D eigenvalue weighted by Crippen LogP contribution is 2.35. The summed E-state index contributed by atoms with van der Waals surface area (Å²) in [6.07, 6.45) is 2.25. The van der Waals surface area contributed by atoms with Gasteiger partial charge in [-0.05, 0) is 49.4 Å². The van der Waals surface area contributed by atoms with Crippen LogP contribution >= 0.6 is 0 Å². The minimum absolute atomic E-state index is 0.0969. The van der Waals surface area contributed by atoms with Gasteiger partial charge >= 0.3 is 0 Å². The van der Waals surface area contributed by atoms with Crippen LogP contribution in [0.15, 0.2) is 18.2 Å². The summed E-state index contributed by atoms with van der Waals surface area (Å²) in [6.45, 7) is 10.1. The van der Waals surface area contributed by atoms with E-state index in [0.717, 1.165) is 24.5 Å². The lowest BCUT2D eigenvalue weighted by Crippen LogP contribution is -2.33. The molecular formula is C17H29NO2. The highest BCUT2D eigenvalue weighted by atomic mass is 16.5. The Balaban J connectivity index is 2.85. The first kappa shape index (κ1) is 16.8. The zero-order chi connectivity index (χ0) is 15.2. The number of hydrogen-bond acceptors (Lipinski definition) is 3. The molecule has 3 heteroatoms. The van der Waals surface area contributed by atoms with Gasteiger partial charge in [0.1, 0.15) is 0 Å². The van der Waals surface area contributed by atoms with E-state index in [4.69, 9.17) is 9.47 Å². The maximum Gasteiger partial charge on any atom is 0.161 e. The van der Waals surface area contributed by atoms with Gasteiger partial charge in [0, 0.05) is 6.04 Å². The Labute approximate surface area is 123 Å². The lowest BCUT2D eigenvalue weighted by atomic mass is 9.79. The van der Waals surface area contributed by atoms with Crippen LogP contribution in [-0.2, 0) is 5.41 Å². The second-order valence-electron chi connectivity index (χ2n) is 6.01. The number of nitrogens with one attached hydrogen (secondary N) is 1. The standard InChI is InChI=1S/C17H29NO2/c1-7-10-18-13(2)12-17(3,4)14-8-9-15(19-5)16(11-14)20-6/h8-9,11,13,18H,7,10,12H2,1-6H3. The fraction of sp³-hybridized carbons (Fsp3) is 0.647. The predicted octanol–water partition coefficient (Wildman–Crippen LogP) is 3.76. The average molecular weight is 279 g/mol. The topological polar surface area (TPSA) is 30.5 Å². The molecule has 1 atom stereocenters. The lowest BCUT2D eigenvalue weighted by molar-refractivity contribution is 0.350. The highest BCUT2D eigenvalue weighted by Gasteiger charge is 2.24. The van der Waals surface area contributed by atoms with Crippen molar-refractivity contribution in [3.05, 3.63) is 23.8 Å². The van der Waals surface area contributed by atoms with Crippen LogP contribution in [0.1, 0.15) is 46.1 Å². The maximum absolute atomic E-state index is 5.40. The van der Waals surface area contributed by atoms with Crippen molar-refractivity contribution in [2.45, 2.75) is 52.0 Å². The monoisotopic (exact) mass is 279 g/mol. The number of hydrogen-bond donors (Lipinski definition) is 1. The summed E-state index contributed by atoms with van der Waals surface area (Å²) < 4.78 is 10.7. The fourth-order valence-electron chi connectivity index (χ4n) is 2.60. The molecule has 1 aromatic rings. The molecular weight excluding hydrogens is 250 g/mol. The summed E-state index contributed by atoms with van der Waals surface area (Å²) in [7, 11) is 3.35. The normalized spacial score (nSPS) is 13.1. The van der Waals surface area contributed by atoms with E-state index < -0.39 is 0 Å². The number of benzene rings is 1. The summed E-state index contributed by atoms with van der Waals surface area (Å²) in [5.74, 6) is 1.58. The molecule has 0 aliphatic rings. The SMILES string of the molecule is CCCNC(C)CC(C)(C)c1ccc(OC)c(OC)c1. The molecule has 1 unspecified atom stereocenters. The van der Waals surface area contributed by atoms with Crippen LogP contribution in [0.4, 0.5) is 0 Å². The van der Waals surface area contributed by atoms with Crippen molar-refractivity contribution in [3.63, 3.8) is 0 Å². The Morgan fingerprint density at radius 2 is 1.80 bits per heavy atom. The zero-order valence-corrected chi connectivity index (χ0v) is 13.7. The third-order valence-electron chi connectivity index (χ3n) is 3.72. The fourth-order valence-corrected chi connectivity index (χ4v) is 2.60. The first-order valence-electron chi connectivity index (χ1n) is 7.40. The Bertz CT molecular complexity index is 415. The first-order chi connectivity index (χ1) is 9.44. The molecule has 1 N–H and O–H groups in total. The van der Waals surface area contributed by atoms with Gasteiger partial charge in [-0.2, -0.15) is 0 Å². The molecule has 0 aliphatic heterocycles. The Morgan fingerprint density at radius 1 is 1.15 bits per heavy atom. The molecule has 0 saturated carbocycles. The van der Waals surface area contributed by atoms with Gasteiger partial charge in [-0.15, -0.1) is 0 Å². The van der Waals surface area contributed by atoms with Crippen LogP contribution in [0.5, 0.6) is 11.5 Å². The molecule has 0 bridgehead atoms. The number of methoxy groups -OCH3 is 2. The van der Waals surface area contributed by atoms with E-state index in [2.05, 4.69) is 45.1 Å².